The fourth-order valence-electron chi connectivity index (χ4n) is 2.37. The monoisotopic (exact) mass is 423 g/mol. The molecular formula is C21H29NO8. The molecule has 0 saturated heterocycles. The average Bonchev–Trinajstić information content (AvgIpc) is 2.65. The maximum Gasteiger partial charge on any atom is 0.409 e. The summed E-state index contributed by atoms with van der Waals surface area (Å²) in [5, 5.41) is 2.17. The molecule has 0 aliphatic rings. The molecule has 0 aromatic heterocycles. The van der Waals surface area contributed by atoms with Gasteiger partial charge in [0, 0.05) is 0 Å². The van der Waals surface area contributed by atoms with Gasteiger partial charge < -0.3 is 18.9 Å². The molecule has 0 bridgehead atoms. The van der Waals surface area contributed by atoms with Gasteiger partial charge in [-0.3, -0.25) is 10.1 Å². The lowest BCUT2D eigenvalue weighted by Gasteiger charge is -2.30. The number of ether oxygens (including phenoxy) is 4. The molecule has 0 unspecified atom stereocenters. The molecule has 9 heteroatoms. The van der Waals surface area contributed by atoms with E-state index in [0.29, 0.717) is 5.56 Å². The second-order valence-electron chi connectivity index (χ2n) is 7.30. The predicted octanol–water partition coefficient (Wildman–Crippen LogP) is 2.51. The van der Waals surface area contributed by atoms with Crippen LogP contribution in [0.25, 0.3) is 0 Å². The van der Waals surface area contributed by atoms with E-state index < -0.39 is 41.6 Å². The molecule has 0 saturated carbocycles. The van der Waals surface area contributed by atoms with Gasteiger partial charge in [-0.15, -0.1) is 0 Å². The number of nitrogens with one attached hydrogen (secondary N) is 1. The number of hydrogen-bond donors (Lipinski definition) is 1. The molecule has 9 nitrogen and oxygen atoms in total. The second kappa shape index (κ2) is 11.2. The zero-order chi connectivity index (χ0) is 22.8. The van der Waals surface area contributed by atoms with Crippen molar-refractivity contribution in [2.75, 3.05) is 13.2 Å². The van der Waals surface area contributed by atoms with Crippen molar-refractivity contribution in [3.05, 3.63) is 35.9 Å². The van der Waals surface area contributed by atoms with Gasteiger partial charge in [-0.2, -0.15) is 0 Å². The van der Waals surface area contributed by atoms with Crippen LogP contribution in [0.15, 0.2) is 30.3 Å². The highest BCUT2D eigenvalue weighted by molar-refractivity contribution is 6.10. The molecule has 0 spiro atoms. The lowest BCUT2D eigenvalue weighted by atomic mass is 9.95. The van der Waals surface area contributed by atoms with Gasteiger partial charge in [-0.05, 0) is 40.2 Å². The van der Waals surface area contributed by atoms with Crippen LogP contribution in [-0.4, -0.2) is 48.4 Å². The zero-order valence-electron chi connectivity index (χ0n) is 18.0. The van der Waals surface area contributed by atoms with E-state index in [-0.39, 0.29) is 19.8 Å². The van der Waals surface area contributed by atoms with Crippen LogP contribution in [0, 0.1) is 0 Å². The Morgan fingerprint density at radius 3 is 1.87 bits per heavy atom. The highest BCUT2D eigenvalue weighted by atomic mass is 16.6. The normalized spacial score (nSPS) is 11.2. The summed E-state index contributed by atoms with van der Waals surface area (Å²) in [6, 6.07) is 8.85. The summed E-state index contributed by atoms with van der Waals surface area (Å²) in [7, 11) is 0. The van der Waals surface area contributed by atoms with Crippen LogP contribution in [0.4, 0.5) is 4.79 Å². The summed E-state index contributed by atoms with van der Waals surface area (Å²) in [6.45, 7) is 7.62. The summed E-state index contributed by atoms with van der Waals surface area (Å²) in [6.07, 6.45) is -1.91. The molecular weight excluding hydrogens is 394 g/mol. The zero-order valence-corrected chi connectivity index (χ0v) is 18.0. The first-order valence-corrected chi connectivity index (χ1v) is 9.59. The van der Waals surface area contributed by atoms with E-state index in [1.165, 1.54) is 13.8 Å². The average molecular weight is 423 g/mol. The van der Waals surface area contributed by atoms with E-state index in [0.717, 1.165) is 0 Å². The first-order chi connectivity index (χ1) is 14.0. The van der Waals surface area contributed by atoms with Gasteiger partial charge in [0.1, 0.15) is 12.2 Å². The number of amides is 1. The number of carbonyl (C=O) groups is 4. The maximum absolute atomic E-state index is 12.7. The van der Waals surface area contributed by atoms with E-state index >= 15 is 0 Å². The number of alkyl carbamates (subject to hydrolysis) is 1. The number of esters is 3. The molecule has 0 heterocycles. The third-order valence-corrected chi connectivity index (χ3v) is 3.61. The van der Waals surface area contributed by atoms with Gasteiger partial charge in [0.25, 0.3) is 0 Å². The molecule has 1 N–H and O–H groups in total. The van der Waals surface area contributed by atoms with Crippen LogP contribution in [0.2, 0.25) is 0 Å². The maximum atomic E-state index is 12.7. The fourth-order valence-corrected chi connectivity index (χ4v) is 2.37. The van der Waals surface area contributed by atoms with Crippen molar-refractivity contribution in [3.8, 4) is 0 Å². The van der Waals surface area contributed by atoms with Crippen LogP contribution >= 0.6 is 0 Å². The van der Waals surface area contributed by atoms with Crippen molar-refractivity contribution in [2.24, 2.45) is 0 Å². The molecule has 0 aliphatic carbocycles. The Labute approximate surface area is 176 Å². The Morgan fingerprint density at radius 2 is 1.40 bits per heavy atom. The van der Waals surface area contributed by atoms with E-state index in [9.17, 15) is 19.2 Å². The number of rotatable bonds is 9. The molecule has 1 rings (SSSR count). The number of carbonyl (C=O) groups excluding carboxylic acids is 4. The Kier molecular flexibility index (Phi) is 9.29. The van der Waals surface area contributed by atoms with Crippen molar-refractivity contribution in [3.63, 3.8) is 0 Å². The molecule has 1 amide bonds. The summed E-state index contributed by atoms with van der Waals surface area (Å²) in [5.74, 6) is -3.20. The van der Waals surface area contributed by atoms with Crippen molar-refractivity contribution in [1.29, 1.82) is 0 Å². The molecule has 0 radical (unpaired) electrons. The lowest BCUT2D eigenvalue weighted by molar-refractivity contribution is -0.171. The Bertz CT molecular complexity index is 721. The highest BCUT2D eigenvalue weighted by Crippen LogP contribution is 2.20. The summed E-state index contributed by atoms with van der Waals surface area (Å²) in [4.78, 5) is 50.2. The second-order valence-corrected chi connectivity index (χ2v) is 7.30. The van der Waals surface area contributed by atoms with Gasteiger partial charge in [0.2, 0.25) is 5.54 Å². The highest BCUT2D eigenvalue weighted by Gasteiger charge is 2.53. The number of hydrogen-bond acceptors (Lipinski definition) is 8. The molecule has 1 aromatic rings. The predicted molar refractivity (Wildman–Crippen MR) is 106 cm³/mol. The smallest absolute Gasteiger partial charge is 0.409 e. The Hall–Kier alpha value is -3.10. The van der Waals surface area contributed by atoms with E-state index in [1.54, 1.807) is 45.0 Å². The summed E-state index contributed by atoms with van der Waals surface area (Å²) >= 11 is 0. The van der Waals surface area contributed by atoms with Crippen molar-refractivity contribution >= 4 is 24.0 Å². The number of benzene rings is 1. The van der Waals surface area contributed by atoms with Crippen LogP contribution < -0.4 is 5.32 Å². The SMILES string of the molecule is CCOC(=O)C(CC(=O)OCc1ccccc1)(NC(=O)OC(C)(C)C)C(=O)OCC. The summed E-state index contributed by atoms with van der Waals surface area (Å²) in [5.41, 5.74) is -2.64. The van der Waals surface area contributed by atoms with Gasteiger partial charge >= 0.3 is 24.0 Å². The van der Waals surface area contributed by atoms with Crippen LogP contribution in [0.1, 0.15) is 46.6 Å². The molecule has 30 heavy (non-hydrogen) atoms. The van der Waals surface area contributed by atoms with E-state index in [4.69, 9.17) is 18.9 Å². The van der Waals surface area contributed by atoms with Crippen molar-refractivity contribution in [1.82, 2.24) is 5.32 Å². The van der Waals surface area contributed by atoms with E-state index in [2.05, 4.69) is 5.32 Å². The van der Waals surface area contributed by atoms with E-state index in [1.807, 2.05) is 6.07 Å². The molecule has 1 aromatic carbocycles. The first-order valence-electron chi connectivity index (χ1n) is 9.59. The third kappa shape index (κ3) is 7.73. The standard InChI is InChI=1S/C21H29NO8/c1-6-27-17(24)21(18(25)28-7-2,22-19(26)30-20(3,4)5)13-16(23)29-14-15-11-9-8-10-12-15/h8-12H,6-7,13-14H2,1-5H3,(H,22,26). The molecule has 166 valence electrons. The minimum absolute atomic E-state index is 0.0756. The molecule has 0 aliphatic heterocycles. The van der Waals surface area contributed by atoms with Crippen molar-refractivity contribution < 1.29 is 38.1 Å². The lowest BCUT2D eigenvalue weighted by Crippen LogP contribution is -2.63. The Morgan fingerprint density at radius 1 is 0.867 bits per heavy atom. The topological polar surface area (TPSA) is 117 Å². The first kappa shape index (κ1) is 24.9. The Balaban J connectivity index is 3.13. The third-order valence-electron chi connectivity index (χ3n) is 3.61. The molecule has 0 fully saturated rings. The molecule has 0 atom stereocenters. The van der Waals surface area contributed by atoms with Gasteiger partial charge in [-0.25, -0.2) is 14.4 Å². The fraction of sp³-hybridized carbons (Fsp3) is 0.524. The van der Waals surface area contributed by atoms with Crippen molar-refractivity contribution in [2.45, 2.75) is 58.8 Å². The largest absolute Gasteiger partial charge is 0.464 e. The minimum atomic E-state index is -2.44. The summed E-state index contributed by atoms with van der Waals surface area (Å²) < 4.78 is 20.2. The van der Waals surface area contributed by atoms with Crippen LogP contribution in [-0.2, 0) is 39.9 Å². The quantitative estimate of drug-likeness (QED) is 0.366. The van der Waals surface area contributed by atoms with Gasteiger partial charge in [0.15, 0.2) is 0 Å². The van der Waals surface area contributed by atoms with Crippen LogP contribution in [0.3, 0.4) is 0 Å². The van der Waals surface area contributed by atoms with Gasteiger partial charge in [0.05, 0.1) is 19.6 Å². The minimum Gasteiger partial charge on any atom is -0.464 e. The van der Waals surface area contributed by atoms with Gasteiger partial charge in [-0.1, -0.05) is 30.3 Å². The van der Waals surface area contributed by atoms with Crippen LogP contribution in [0.5, 0.6) is 0 Å².